The molecule has 1 aliphatic heterocycles. The summed E-state index contributed by atoms with van der Waals surface area (Å²) in [5.74, 6) is -0.788. The van der Waals surface area contributed by atoms with Crippen molar-refractivity contribution in [1.29, 1.82) is 0 Å². The number of ether oxygens (including phenoxy) is 1. The minimum absolute atomic E-state index is 0.137. The van der Waals surface area contributed by atoms with Crippen molar-refractivity contribution in [3.63, 3.8) is 0 Å². The summed E-state index contributed by atoms with van der Waals surface area (Å²) in [6, 6.07) is 0.321. The van der Waals surface area contributed by atoms with E-state index in [-0.39, 0.29) is 23.8 Å². The van der Waals surface area contributed by atoms with Crippen LogP contribution < -0.4 is 5.32 Å². The fourth-order valence-corrected chi connectivity index (χ4v) is 3.40. The van der Waals surface area contributed by atoms with Crippen molar-refractivity contribution in [3.8, 4) is 0 Å². The summed E-state index contributed by atoms with van der Waals surface area (Å²) in [6.45, 7) is 15.8. The lowest BCUT2D eigenvalue weighted by Crippen LogP contribution is -2.59. The van der Waals surface area contributed by atoms with Crippen LogP contribution >= 0.6 is 0 Å². The quantitative estimate of drug-likeness (QED) is 0.786. The van der Waals surface area contributed by atoms with E-state index >= 15 is 0 Å². The molecular weight excluding hydrogens is 268 g/mol. The van der Waals surface area contributed by atoms with Gasteiger partial charge in [0.1, 0.15) is 5.54 Å². The van der Waals surface area contributed by atoms with Gasteiger partial charge in [0.05, 0.1) is 11.7 Å². The maximum absolute atomic E-state index is 11.7. The van der Waals surface area contributed by atoms with Crippen LogP contribution in [0.3, 0.4) is 0 Å². The van der Waals surface area contributed by atoms with Crippen LogP contribution in [0.5, 0.6) is 0 Å². The van der Waals surface area contributed by atoms with Gasteiger partial charge in [-0.3, -0.25) is 15.0 Å². The Balaban J connectivity index is 2.77. The summed E-state index contributed by atoms with van der Waals surface area (Å²) in [4.78, 5) is 14.0. The molecule has 1 heterocycles. The Morgan fingerprint density at radius 1 is 1.48 bits per heavy atom. The molecule has 0 aromatic rings. The fraction of sp³-hybridized carbons (Fsp3) is 0.938. The first-order valence-electron chi connectivity index (χ1n) is 7.88. The zero-order valence-electron chi connectivity index (χ0n) is 14.6. The van der Waals surface area contributed by atoms with Gasteiger partial charge in [0.2, 0.25) is 0 Å². The minimum Gasteiger partial charge on any atom is -0.480 e. The van der Waals surface area contributed by atoms with Crippen molar-refractivity contribution in [2.45, 2.75) is 84.2 Å². The Kier molecular flexibility index (Phi) is 5.81. The van der Waals surface area contributed by atoms with E-state index in [1.54, 1.807) is 6.92 Å². The molecule has 3 unspecified atom stereocenters. The van der Waals surface area contributed by atoms with Gasteiger partial charge in [0, 0.05) is 25.2 Å². The molecule has 0 amide bonds. The normalized spacial score (nSPS) is 27.3. The number of nitrogens with zero attached hydrogens (tertiary/aromatic N) is 1. The summed E-state index contributed by atoms with van der Waals surface area (Å²) in [5.41, 5.74) is -1.09. The largest absolute Gasteiger partial charge is 0.480 e. The van der Waals surface area contributed by atoms with Gasteiger partial charge in [-0.25, -0.2) is 0 Å². The zero-order chi connectivity index (χ0) is 16.4. The van der Waals surface area contributed by atoms with Crippen LogP contribution in [0.25, 0.3) is 0 Å². The summed E-state index contributed by atoms with van der Waals surface area (Å²) in [6.07, 6.45) is 0.744. The van der Waals surface area contributed by atoms with Gasteiger partial charge in [0.15, 0.2) is 0 Å². The van der Waals surface area contributed by atoms with Gasteiger partial charge in [0.25, 0.3) is 0 Å². The third-order valence-electron chi connectivity index (χ3n) is 4.00. The van der Waals surface area contributed by atoms with Gasteiger partial charge in [-0.15, -0.1) is 0 Å². The molecule has 2 N–H and O–H groups in total. The van der Waals surface area contributed by atoms with E-state index < -0.39 is 11.5 Å². The highest BCUT2D eigenvalue weighted by molar-refractivity contribution is 5.78. The van der Waals surface area contributed by atoms with Crippen LogP contribution in [0, 0.1) is 0 Å². The fourth-order valence-electron chi connectivity index (χ4n) is 3.40. The van der Waals surface area contributed by atoms with Gasteiger partial charge >= 0.3 is 5.97 Å². The highest BCUT2D eigenvalue weighted by Gasteiger charge is 2.39. The molecule has 5 nitrogen and oxygen atoms in total. The van der Waals surface area contributed by atoms with Crippen LogP contribution in [0.1, 0.15) is 54.9 Å². The summed E-state index contributed by atoms with van der Waals surface area (Å²) >= 11 is 0. The Morgan fingerprint density at radius 3 is 2.48 bits per heavy atom. The molecule has 124 valence electrons. The minimum atomic E-state index is -0.904. The number of carboxylic acids is 1. The first kappa shape index (κ1) is 18.4. The van der Waals surface area contributed by atoms with Gasteiger partial charge < -0.3 is 9.84 Å². The molecule has 21 heavy (non-hydrogen) atoms. The third-order valence-corrected chi connectivity index (χ3v) is 4.00. The molecule has 5 heteroatoms. The van der Waals surface area contributed by atoms with Crippen LogP contribution in [0.4, 0.5) is 0 Å². The monoisotopic (exact) mass is 300 g/mol. The average molecular weight is 300 g/mol. The van der Waals surface area contributed by atoms with Crippen molar-refractivity contribution in [2.24, 2.45) is 0 Å². The molecule has 0 radical (unpaired) electrons. The van der Waals surface area contributed by atoms with Crippen LogP contribution in [0.15, 0.2) is 0 Å². The van der Waals surface area contributed by atoms with Crippen LogP contribution in [-0.4, -0.2) is 58.4 Å². The lowest BCUT2D eigenvalue weighted by atomic mass is 9.91. The molecule has 0 aromatic heterocycles. The predicted molar refractivity (Wildman–Crippen MR) is 84.6 cm³/mol. The topological polar surface area (TPSA) is 61.8 Å². The number of hydrogen-bond donors (Lipinski definition) is 2. The Labute approximate surface area is 129 Å². The van der Waals surface area contributed by atoms with Crippen LogP contribution in [0.2, 0.25) is 0 Å². The Bertz CT molecular complexity index is 371. The number of morpholine rings is 1. The number of carbonyl (C=O) groups is 1. The second-order valence-electron chi connectivity index (χ2n) is 7.61. The van der Waals surface area contributed by atoms with E-state index in [2.05, 4.69) is 37.9 Å². The van der Waals surface area contributed by atoms with Crippen molar-refractivity contribution in [1.82, 2.24) is 10.2 Å². The molecule has 1 aliphatic rings. The van der Waals surface area contributed by atoms with E-state index in [1.807, 2.05) is 13.8 Å². The molecule has 0 aromatic carbocycles. The second kappa shape index (κ2) is 6.63. The molecule has 0 bridgehead atoms. The second-order valence-corrected chi connectivity index (χ2v) is 7.61. The summed E-state index contributed by atoms with van der Waals surface area (Å²) < 4.78 is 5.92. The number of aliphatic carboxylic acids is 1. The van der Waals surface area contributed by atoms with Crippen molar-refractivity contribution in [3.05, 3.63) is 0 Å². The summed E-state index contributed by atoms with van der Waals surface area (Å²) in [5, 5.41) is 12.8. The van der Waals surface area contributed by atoms with Gasteiger partial charge in [-0.2, -0.15) is 0 Å². The highest BCUT2D eigenvalue weighted by Crippen LogP contribution is 2.25. The van der Waals surface area contributed by atoms with Gasteiger partial charge in [-0.05, 0) is 54.9 Å². The van der Waals surface area contributed by atoms with Crippen molar-refractivity contribution < 1.29 is 14.6 Å². The average Bonchev–Trinajstić information content (AvgIpc) is 2.24. The predicted octanol–water partition coefficient (Wildman–Crippen LogP) is 2.11. The summed E-state index contributed by atoms with van der Waals surface area (Å²) in [7, 11) is 0. The molecule has 3 atom stereocenters. The van der Waals surface area contributed by atoms with Crippen LogP contribution in [-0.2, 0) is 9.53 Å². The first-order valence-corrected chi connectivity index (χ1v) is 7.88. The molecule has 1 saturated heterocycles. The van der Waals surface area contributed by atoms with E-state index in [4.69, 9.17) is 4.74 Å². The molecule has 0 aliphatic carbocycles. The molecular formula is C16H32N2O3. The first-order chi connectivity index (χ1) is 9.45. The molecule has 0 spiro atoms. The third kappa shape index (κ3) is 5.24. The molecule has 1 fully saturated rings. The van der Waals surface area contributed by atoms with Gasteiger partial charge in [-0.1, -0.05) is 0 Å². The van der Waals surface area contributed by atoms with E-state index in [9.17, 15) is 9.90 Å². The molecule has 1 rings (SSSR count). The number of rotatable bonds is 6. The van der Waals surface area contributed by atoms with E-state index in [0.717, 1.165) is 13.1 Å². The maximum Gasteiger partial charge on any atom is 0.323 e. The Morgan fingerprint density at radius 2 is 2.05 bits per heavy atom. The molecule has 0 saturated carbocycles. The lowest BCUT2D eigenvalue weighted by molar-refractivity contribution is -0.149. The smallest absolute Gasteiger partial charge is 0.323 e. The van der Waals surface area contributed by atoms with E-state index in [1.165, 1.54) is 0 Å². The lowest BCUT2D eigenvalue weighted by Gasteiger charge is -2.45. The number of carboxylic acid groups (broad SMARTS) is 1. The SMILES string of the molecule is CC(C)NC(C)(CC(C)N1CC(C)OC(C)(C)C1)C(=O)O. The standard InChI is InChI=1S/C16H32N2O3/c1-11(2)17-16(7,14(19)20)8-12(3)18-9-13(4)21-15(5,6)10-18/h11-13,17H,8-10H2,1-7H3,(H,19,20). The number of hydrogen-bond acceptors (Lipinski definition) is 4. The van der Waals surface area contributed by atoms with Crippen molar-refractivity contribution >= 4 is 5.97 Å². The maximum atomic E-state index is 11.7. The zero-order valence-corrected chi connectivity index (χ0v) is 14.6. The van der Waals surface area contributed by atoms with Crippen molar-refractivity contribution in [2.75, 3.05) is 13.1 Å². The highest BCUT2D eigenvalue weighted by atomic mass is 16.5. The Hall–Kier alpha value is -0.650. The van der Waals surface area contributed by atoms with E-state index in [0.29, 0.717) is 6.42 Å². The number of nitrogens with one attached hydrogen (secondary N) is 1.